The summed E-state index contributed by atoms with van der Waals surface area (Å²) in [7, 11) is 0. The van der Waals surface area contributed by atoms with E-state index in [1.165, 1.54) is 21.7 Å². The molecule has 1 heterocycles. The van der Waals surface area contributed by atoms with Crippen molar-refractivity contribution in [3.8, 4) is 10.4 Å². The van der Waals surface area contributed by atoms with E-state index in [1.54, 1.807) is 0 Å². The maximum absolute atomic E-state index is 3.66. The summed E-state index contributed by atoms with van der Waals surface area (Å²) < 4.78 is 0. The Morgan fingerprint density at radius 3 is 2.42 bits per heavy atom. The van der Waals surface area contributed by atoms with Gasteiger partial charge in [-0.15, -0.1) is 11.3 Å². The fourth-order valence-electron chi connectivity index (χ4n) is 2.24. The Balaban J connectivity index is 2.19. The summed E-state index contributed by atoms with van der Waals surface area (Å²) in [6.45, 7) is 7.88. The lowest BCUT2D eigenvalue weighted by Crippen LogP contribution is -2.25. The number of hydrogen-bond acceptors (Lipinski definition) is 2. The molecule has 0 aliphatic heterocycles. The molecular formula is C17H23NS. The fourth-order valence-corrected chi connectivity index (χ4v) is 3.50. The first-order chi connectivity index (χ1) is 9.22. The van der Waals surface area contributed by atoms with Gasteiger partial charge in [-0.05, 0) is 36.6 Å². The quantitative estimate of drug-likeness (QED) is 0.771. The lowest BCUT2D eigenvalue weighted by Gasteiger charge is -2.20. The highest BCUT2D eigenvalue weighted by molar-refractivity contribution is 7.15. The number of nitrogens with one attached hydrogen (secondary N) is 1. The SMILES string of the molecule is CCCNC(c1ccc(-c2ccccc2)s1)C(C)C. The standard InChI is InChI=1S/C17H23NS/c1-4-12-18-17(13(2)3)16-11-10-15(19-16)14-8-6-5-7-9-14/h5-11,13,17-18H,4,12H2,1-3H3. The minimum absolute atomic E-state index is 0.474. The van der Waals surface area contributed by atoms with Crippen molar-refractivity contribution in [2.24, 2.45) is 5.92 Å². The van der Waals surface area contributed by atoms with Gasteiger partial charge in [0.05, 0.1) is 0 Å². The van der Waals surface area contributed by atoms with Crippen LogP contribution in [0.4, 0.5) is 0 Å². The molecule has 2 aromatic rings. The van der Waals surface area contributed by atoms with Crippen LogP contribution in [-0.2, 0) is 0 Å². The normalized spacial score (nSPS) is 12.8. The van der Waals surface area contributed by atoms with Crippen LogP contribution in [0.25, 0.3) is 10.4 Å². The minimum atomic E-state index is 0.474. The molecule has 19 heavy (non-hydrogen) atoms. The average molecular weight is 273 g/mol. The molecule has 1 atom stereocenters. The molecule has 1 aromatic heterocycles. The molecule has 0 fully saturated rings. The second kappa shape index (κ2) is 6.88. The van der Waals surface area contributed by atoms with Gasteiger partial charge in [-0.2, -0.15) is 0 Å². The van der Waals surface area contributed by atoms with Crippen molar-refractivity contribution in [1.82, 2.24) is 5.32 Å². The Bertz CT molecular complexity index is 487. The zero-order chi connectivity index (χ0) is 13.7. The van der Waals surface area contributed by atoms with Crippen LogP contribution in [0, 0.1) is 5.92 Å². The summed E-state index contributed by atoms with van der Waals surface area (Å²) in [5.41, 5.74) is 1.32. The van der Waals surface area contributed by atoms with Crippen molar-refractivity contribution in [3.05, 3.63) is 47.3 Å². The van der Waals surface area contributed by atoms with E-state index in [0.717, 1.165) is 6.54 Å². The van der Waals surface area contributed by atoms with Crippen LogP contribution in [-0.4, -0.2) is 6.54 Å². The Labute approximate surface area is 120 Å². The molecule has 1 N–H and O–H groups in total. The van der Waals surface area contributed by atoms with E-state index >= 15 is 0 Å². The van der Waals surface area contributed by atoms with Gasteiger partial charge in [-0.1, -0.05) is 51.1 Å². The summed E-state index contributed by atoms with van der Waals surface area (Å²) in [5, 5.41) is 3.66. The third kappa shape index (κ3) is 3.68. The van der Waals surface area contributed by atoms with E-state index in [9.17, 15) is 0 Å². The average Bonchev–Trinajstić information content (AvgIpc) is 2.89. The van der Waals surface area contributed by atoms with E-state index in [2.05, 4.69) is 68.6 Å². The van der Waals surface area contributed by atoms with Gasteiger partial charge in [0.25, 0.3) is 0 Å². The molecule has 1 nitrogen and oxygen atoms in total. The van der Waals surface area contributed by atoms with Crippen LogP contribution in [0.15, 0.2) is 42.5 Å². The lowest BCUT2D eigenvalue weighted by atomic mass is 10.0. The third-order valence-corrected chi connectivity index (χ3v) is 4.49. The van der Waals surface area contributed by atoms with Crippen LogP contribution < -0.4 is 5.32 Å². The fraction of sp³-hybridized carbons (Fsp3) is 0.412. The van der Waals surface area contributed by atoms with E-state index in [-0.39, 0.29) is 0 Å². The molecular weight excluding hydrogens is 250 g/mol. The third-order valence-electron chi connectivity index (χ3n) is 3.27. The minimum Gasteiger partial charge on any atom is -0.309 e. The van der Waals surface area contributed by atoms with Gasteiger partial charge in [-0.3, -0.25) is 0 Å². The molecule has 0 bridgehead atoms. The summed E-state index contributed by atoms with van der Waals surface area (Å²) in [5.74, 6) is 0.619. The van der Waals surface area contributed by atoms with Gasteiger partial charge in [0.2, 0.25) is 0 Å². The molecule has 0 radical (unpaired) electrons. The molecule has 2 heteroatoms. The monoisotopic (exact) mass is 273 g/mol. The van der Waals surface area contributed by atoms with E-state index in [0.29, 0.717) is 12.0 Å². The van der Waals surface area contributed by atoms with Crippen molar-refractivity contribution in [1.29, 1.82) is 0 Å². The summed E-state index contributed by atoms with van der Waals surface area (Å²) in [6, 6.07) is 15.6. The van der Waals surface area contributed by atoms with Crippen LogP contribution in [0.2, 0.25) is 0 Å². The second-order valence-electron chi connectivity index (χ2n) is 5.24. The van der Waals surface area contributed by atoms with Crippen LogP contribution in [0.5, 0.6) is 0 Å². The number of benzene rings is 1. The maximum atomic E-state index is 3.66. The summed E-state index contributed by atoms with van der Waals surface area (Å²) in [6.07, 6.45) is 1.18. The summed E-state index contributed by atoms with van der Waals surface area (Å²) >= 11 is 1.91. The van der Waals surface area contributed by atoms with E-state index < -0.39 is 0 Å². The van der Waals surface area contributed by atoms with Crippen LogP contribution >= 0.6 is 11.3 Å². The van der Waals surface area contributed by atoms with Gasteiger partial charge < -0.3 is 5.32 Å². The Morgan fingerprint density at radius 1 is 1.05 bits per heavy atom. The predicted octanol–water partition coefficient (Wildman–Crippen LogP) is 5.11. The first-order valence-corrected chi connectivity index (χ1v) is 7.92. The lowest BCUT2D eigenvalue weighted by molar-refractivity contribution is 0.418. The zero-order valence-corrected chi connectivity index (χ0v) is 12.8. The molecule has 0 aliphatic rings. The highest BCUT2D eigenvalue weighted by Crippen LogP contribution is 2.33. The Hall–Kier alpha value is -1.12. The zero-order valence-electron chi connectivity index (χ0n) is 12.0. The molecule has 0 saturated carbocycles. The Kier molecular flexibility index (Phi) is 5.17. The van der Waals surface area contributed by atoms with Crippen molar-refractivity contribution >= 4 is 11.3 Å². The molecule has 1 unspecified atom stereocenters. The molecule has 0 aliphatic carbocycles. The molecule has 2 rings (SSSR count). The molecule has 102 valence electrons. The van der Waals surface area contributed by atoms with Crippen molar-refractivity contribution in [3.63, 3.8) is 0 Å². The first kappa shape index (κ1) is 14.3. The van der Waals surface area contributed by atoms with Crippen molar-refractivity contribution in [2.75, 3.05) is 6.54 Å². The van der Waals surface area contributed by atoms with Gasteiger partial charge in [-0.25, -0.2) is 0 Å². The highest BCUT2D eigenvalue weighted by atomic mass is 32.1. The topological polar surface area (TPSA) is 12.0 Å². The predicted molar refractivity (Wildman–Crippen MR) is 85.6 cm³/mol. The van der Waals surface area contributed by atoms with E-state index in [1.807, 2.05) is 11.3 Å². The van der Waals surface area contributed by atoms with Gasteiger partial charge in [0, 0.05) is 15.8 Å². The van der Waals surface area contributed by atoms with Gasteiger partial charge in [0.15, 0.2) is 0 Å². The number of rotatable bonds is 6. The molecule has 0 saturated heterocycles. The molecule has 1 aromatic carbocycles. The van der Waals surface area contributed by atoms with Gasteiger partial charge >= 0.3 is 0 Å². The highest BCUT2D eigenvalue weighted by Gasteiger charge is 2.17. The van der Waals surface area contributed by atoms with E-state index in [4.69, 9.17) is 0 Å². The second-order valence-corrected chi connectivity index (χ2v) is 6.36. The van der Waals surface area contributed by atoms with Crippen LogP contribution in [0.3, 0.4) is 0 Å². The number of thiophene rings is 1. The summed E-state index contributed by atoms with van der Waals surface area (Å²) in [4.78, 5) is 2.81. The maximum Gasteiger partial charge on any atom is 0.0438 e. The largest absolute Gasteiger partial charge is 0.309 e. The first-order valence-electron chi connectivity index (χ1n) is 7.11. The Morgan fingerprint density at radius 2 is 1.79 bits per heavy atom. The molecule has 0 spiro atoms. The smallest absolute Gasteiger partial charge is 0.0438 e. The van der Waals surface area contributed by atoms with Crippen molar-refractivity contribution < 1.29 is 0 Å². The van der Waals surface area contributed by atoms with Crippen molar-refractivity contribution in [2.45, 2.75) is 33.2 Å². The van der Waals surface area contributed by atoms with Crippen LogP contribution in [0.1, 0.15) is 38.1 Å². The number of hydrogen-bond donors (Lipinski definition) is 1. The molecule has 0 amide bonds. The van der Waals surface area contributed by atoms with Gasteiger partial charge in [0.1, 0.15) is 0 Å².